The topological polar surface area (TPSA) is 38.0 Å². The van der Waals surface area contributed by atoms with Crippen molar-refractivity contribution in [3.63, 3.8) is 0 Å². The van der Waals surface area contributed by atoms with E-state index in [1.807, 2.05) is 6.07 Å². The zero-order valence-electron chi connectivity index (χ0n) is 11.9. The van der Waals surface area contributed by atoms with E-state index in [0.717, 1.165) is 18.7 Å². The van der Waals surface area contributed by atoms with Crippen molar-refractivity contribution < 1.29 is 4.39 Å². The summed E-state index contributed by atoms with van der Waals surface area (Å²) in [6.45, 7) is 10.8. The highest BCUT2D eigenvalue weighted by molar-refractivity contribution is 5.24. The van der Waals surface area contributed by atoms with Gasteiger partial charge < -0.3 is 11.1 Å². The van der Waals surface area contributed by atoms with E-state index in [9.17, 15) is 4.39 Å². The van der Waals surface area contributed by atoms with Crippen LogP contribution in [0, 0.1) is 11.2 Å². The second-order valence-electron chi connectivity index (χ2n) is 6.37. The van der Waals surface area contributed by atoms with Gasteiger partial charge in [-0.2, -0.15) is 0 Å². The van der Waals surface area contributed by atoms with Crippen molar-refractivity contribution in [1.82, 2.24) is 5.32 Å². The number of hydrogen-bond acceptors (Lipinski definition) is 2. The number of halogens is 1. The van der Waals surface area contributed by atoms with Crippen LogP contribution in [0.4, 0.5) is 4.39 Å². The molecule has 3 N–H and O–H groups in total. The fourth-order valence-electron chi connectivity index (χ4n) is 1.80. The molecule has 0 spiro atoms. The highest BCUT2D eigenvalue weighted by atomic mass is 19.1. The fourth-order valence-corrected chi connectivity index (χ4v) is 1.80. The minimum absolute atomic E-state index is 0.0905. The Balaban J connectivity index is 2.60. The minimum atomic E-state index is -0.178. The first-order chi connectivity index (χ1) is 8.27. The van der Waals surface area contributed by atoms with Gasteiger partial charge >= 0.3 is 0 Å². The van der Waals surface area contributed by atoms with Gasteiger partial charge in [0.2, 0.25) is 0 Å². The molecule has 3 heteroatoms. The number of hydrogen-bond donors (Lipinski definition) is 2. The molecule has 0 unspecified atom stereocenters. The standard InChI is InChI=1S/C15H25FN2/c1-14(2,9-17)10-18-11-15(3,4)12-6-5-7-13(16)8-12/h5-8,18H,9-11,17H2,1-4H3. The van der Waals surface area contributed by atoms with E-state index < -0.39 is 0 Å². The molecule has 2 nitrogen and oxygen atoms in total. The van der Waals surface area contributed by atoms with E-state index in [1.165, 1.54) is 6.07 Å². The fraction of sp³-hybridized carbons (Fsp3) is 0.600. The Morgan fingerprint density at radius 2 is 1.83 bits per heavy atom. The maximum atomic E-state index is 13.2. The van der Waals surface area contributed by atoms with E-state index in [-0.39, 0.29) is 16.6 Å². The van der Waals surface area contributed by atoms with Crippen LogP contribution in [0.5, 0.6) is 0 Å². The molecule has 0 aromatic heterocycles. The largest absolute Gasteiger partial charge is 0.330 e. The monoisotopic (exact) mass is 252 g/mol. The molecule has 0 bridgehead atoms. The van der Waals surface area contributed by atoms with Gasteiger partial charge in [0.05, 0.1) is 0 Å². The highest BCUT2D eigenvalue weighted by Gasteiger charge is 2.22. The van der Waals surface area contributed by atoms with Crippen molar-refractivity contribution in [3.8, 4) is 0 Å². The summed E-state index contributed by atoms with van der Waals surface area (Å²) >= 11 is 0. The SMILES string of the molecule is CC(C)(CN)CNCC(C)(C)c1cccc(F)c1. The third-order valence-electron chi connectivity index (χ3n) is 3.33. The highest BCUT2D eigenvalue weighted by Crippen LogP contribution is 2.23. The Labute approximate surface area is 110 Å². The summed E-state index contributed by atoms with van der Waals surface area (Å²) in [7, 11) is 0. The molecule has 0 saturated carbocycles. The van der Waals surface area contributed by atoms with Crippen LogP contribution in [0.1, 0.15) is 33.3 Å². The van der Waals surface area contributed by atoms with Crippen molar-refractivity contribution in [2.45, 2.75) is 33.1 Å². The zero-order valence-corrected chi connectivity index (χ0v) is 11.9. The third-order valence-corrected chi connectivity index (χ3v) is 3.33. The smallest absolute Gasteiger partial charge is 0.123 e. The number of nitrogens with one attached hydrogen (secondary N) is 1. The normalized spacial score (nSPS) is 12.8. The van der Waals surface area contributed by atoms with Gasteiger partial charge in [-0.3, -0.25) is 0 Å². The Morgan fingerprint density at radius 1 is 1.17 bits per heavy atom. The summed E-state index contributed by atoms with van der Waals surface area (Å²) in [5.74, 6) is -0.178. The molecular weight excluding hydrogens is 227 g/mol. The summed E-state index contributed by atoms with van der Waals surface area (Å²) in [6.07, 6.45) is 0. The number of benzene rings is 1. The lowest BCUT2D eigenvalue weighted by Gasteiger charge is -2.29. The first-order valence-corrected chi connectivity index (χ1v) is 6.44. The van der Waals surface area contributed by atoms with Crippen LogP contribution < -0.4 is 11.1 Å². The van der Waals surface area contributed by atoms with Crippen LogP contribution in [0.15, 0.2) is 24.3 Å². The summed E-state index contributed by atoms with van der Waals surface area (Å²) < 4.78 is 13.2. The maximum absolute atomic E-state index is 13.2. The molecule has 102 valence electrons. The van der Waals surface area contributed by atoms with Crippen LogP contribution >= 0.6 is 0 Å². The lowest BCUT2D eigenvalue weighted by molar-refractivity contribution is 0.332. The van der Waals surface area contributed by atoms with Crippen LogP contribution in [0.25, 0.3) is 0 Å². The van der Waals surface area contributed by atoms with Crippen molar-refractivity contribution >= 4 is 0 Å². The van der Waals surface area contributed by atoms with E-state index in [2.05, 4.69) is 33.0 Å². The molecule has 0 aliphatic rings. The molecule has 0 saturated heterocycles. The molecule has 0 radical (unpaired) electrons. The Kier molecular flexibility index (Phi) is 4.88. The molecular formula is C15H25FN2. The van der Waals surface area contributed by atoms with E-state index in [1.54, 1.807) is 12.1 Å². The van der Waals surface area contributed by atoms with Gasteiger partial charge in [0.25, 0.3) is 0 Å². The molecule has 0 amide bonds. The summed E-state index contributed by atoms with van der Waals surface area (Å²) in [5, 5.41) is 3.43. The van der Waals surface area contributed by atoms with Crippen molar-refractivity contribution in [3.05, 3.63) is 35.6 Å². The van der Waals surface area contributed by atoms with Gasteiger partial charge in [-0.15, -0.1) is 0 Å². The molecule has 1 aromatic rings. The van der Waals surface area contributed by atoms with Crippen molar-refractivity contribution in [2.75, 3.05) is 19.6 Å². The Hall–Kier alpha value is -0.930. The van der Waals surface area contributed by atoms with E-state index in [4.69, 9.17) is 5.73 Å². The van der Waals surface area contributed by atoms with Gasteiger partial charge in [0.15, 0.2) is 0 Å². The molecule has 1 aromatic carbocycles. The molecule has 0 atom stereocenters. The molecule has 1 rings (SSSR count). The van der Waals surface area contributed by atoms with Crippen molar-refractivity contribution in [1.29, 1.82) is 0 Å². The minimum Gasteiger partial charge on any atom is -0.330 e. The van der Waals surface area contributed by atoms with Gasteiger partial charge in [-0.1, -0.05) is 39.8 Å². The lowest BCUT2D eigenvalue weighted by Crippen LogP contribution is -2.41. The lowest BCUT2D eigenvalue weighted by atomic mass is 9.84. The van der Waals surface area contributed by atoms with Crippen LogP contribution in [-0.4, -0.2) is 19.6 Å². The zero-order chi connectivity index (χ0) is 13.8. The second-order valence-corrected chi connectivity index (χ2v) is 6.37. The summed E-state index contributed by atoms with van der Waals surface area (Å²) in [6, 6.07) is 6.81. The first-order valence-electron chi connectivity index (χ1n) is 6.44. The van der Waals surface area contributed by atoms with Crippen LogP contribution in [-0.2, 0) is 5.41 Å². The second kappa shape index (κ2) is 5.81. The average molecular weight is 252 g/mol. The van der Waals surface area contributed by atoms with Crippen molar-refractivity contribution in [2.24, 2.45) is 11.1 Å². The summed E-state index contributed by atoms with van der Waals surface area (Å²) in [5.41, 5.74) is 6.72. The molecule has 0 heterocycles. The predicted octanol–water partition coefficient (Wildman–Crippen LogP) is 2.68. The quantitative estimate of drug-likeness (QED) is 0.817. The van der Waals surface area contributed by atoms with Gasteiger partial charge in [0.1, 0.15) is 5.82 Å². The number of rotatable bonds is 6. The number of nitrogens with two attached hydrogens (primary N) is 1. The van der Waals surface area contributed by atoms with E-state index >= 15 is 0 Å². The third kappa shape index (κ3) is 4.39. The maximum Gasteiger partial charge on any atom is 0.123 e. The first kappa shape index (κ1) is 15.1. The Morgan fingerprint density at radius 3 is 2.39 bits per heavy atom. The summed E-state index contributed by atoms with van der Waals surface area (Å²) in [4.78, 5) is 0. The van der Waals surface area contributed by atoms with Gasteiger partial charge in [-0.25, -0.2) is 4.39 Å². The van der Waals surface area contributed by atoms with Gasteiger partial charge in [0, 0.05) is 18.5 Å². The molecule has 18 heavy (non-hydrogen) atoms. The molecule has 0 aliphatic heterocycles. The Bertz CT molecular complexity index is 386. The van der Waals surface area contributed by atoms with Crippen LogP contribution in [0.2, 0.25) is 0 Å². The molecule has 0 fully saturated rings. The molecule has 0 aliphatic carbocycles. The average Bonchev–Trinajstić information content (AvgIpc) is 2.28. The van der Waals surface area contributed by atoms with E-state index in [0.29, 0.717) is 6.54 Å². The van der Waals surface area contributed by atoms with Gasteiger partial charge in [-0.05, 0) is 29.7 Å². The predicted molar refractivity (Wildman–Crippen MR) is 75.1 cm³/mol. The van der Waals surface area contributed by atoms with Crippen LogP contribution in [0.3, 0.4) is 0 Å².